The fraction of sp³-hybridized carbons (Fsp3) is 0.500. The average molecular weight is 328 g/mol. The third-order valence-corrected chi connectivity index (χ3v) is 5.10. The molecule has 1 fully saturated rings. The maximum absolute atomic E-state index is 11.7. The van der Waals surface area contributed by atoms with E-state index in [9.17, 15) is 4.79 Å². The molecule has 0 saturated carbocycles. The molecule has 24 heavy (non-hydrogen) atoms. The number of nitrogens with one attached hydrogen (secondary N) is 2. The molecule has 1 aromatic rings. The van der Waals surface area contributed by atoms with Gasteiger partial charge in [0.25, 0.3) is 5.91 Å². The Morgan fingerprint density at radius 1 is 1.29 bits per heavy atom. The summed E-state index contributed by atoms with van der Waals surface area (Å²) in [6.07, 6.45) is 2.09. The predicted octanol–water partition coefficient (Wildman–Crippen LogP) is 2.16. The van der Waals surface area contributed by atoms with Crippen LogP contribution in [0.1, 0.15) is 49.2 Å². The molecule has 6 heteroatoms. The molecule has 1 saturated heterocycles. The number of benzene rings is 1. The summed E-state index contributed by atoms with van der Waals surface area (Å²) < 4.78 is 12.3. The van der Waals surface area contributed by atoms with Gasteiger partial charge < -0.3 is 19.9 Å². The molecule has 0 radical (unpaired) electrons. The van der Waals surface area contributed by atoms with E-state index in [1.807, 2.05) is 25.2 Å². The van der Waals surface area contributed by atoms with Crippen LogP contribution in [0.15, 0.2) is 23.7 Å². The number of likely N-dealkylation sites (N-methyl/N-ethyl adjacent to an activating group) is 1. The molecule has 0 aliphatic carbocycles. The van der Waals surface area contributed by atoms with Crippen molar-refractivity contribution in [3.05, 3.63) is 40.4 Å². The highest BCUT2D eigenvalue weighted by molar-refractivity contribution is 6.55. The second kappa shape index (κ2) is 6.03. The Morgan fingerprint density at radius 3 is 2.58 bits per heavy atom. The minimum absolute atomic E-state index is 0.00179. The molecule has 3 rings (SSSR count). The van der Waals surface area contributed by atoms with Crippen molar-refractivity contribution in [2.45, 2.75) is 45.4 Å². The summed E-state index contributed by atoms with van der Waals surface area (Å²) in [6, 6.07) is 5.89. The zero-order valence-electron chi connectivity index (χ0n) is 15.0. The summed E-state index contributed by atoms with van der Waals surface area (Å²) in [6.45, 7) is 9.47. The summed E-state index contributed by atoms with van der Waals surface area (Å²) in [5.74, 6) is 0.00179. The molecule has 2 heterocycles. The van der Waals surface area contributed by atoms with E-state index in [0.717, 1.165) is 22.2 Å². The molecule has 2 N–H and O–H groups in total. The zero-order chi connectivity index (χ0) is 17.5. The first kappa shape index (κ1) is 17.2. The van der Waals surface area contributed by atoms with E-state index in [2.05, 4.69) is 44.4 Å². The van der Waals surface area contributed by atoms with Gasteiger partial charge in [-0.3, -0.25) is 4.79 Å². The normalized spacial score (nSPS) is 21.8. The Balaban J connectivity index is 1.89. The van der Waals surface area contributed by atoms with Crippen LogP contribution in [-0.4, -0.2) is 37.8 Å². The highest BCUT2D eigenvalue weighted by atomic mass is 16.7. The molecular formula is C18H25BN2O3. The number of fused-ring (bicyclic) bond motifs is 1. The van der Waals surface area contributed by atoms with Crippen molar-refractivity contribution in [3.8, 4) is 0 Å². The van der Waals surface area contributed by atoms with Crippen molar-refractivity contribution in [1.29, 1.82) is 0 Å². The van der Waals surface area contributed by atoms with E-state index in [1.165, 1.54) is 0 Å². The van der Waals surface area contributed by atoms with Gasteiger partial charge in [-0.15, -0.1) is 0 Å². The van der Waals surface area contributed by atoms with E-state index in [0.29, 0.717) is 13.1 Å². The third kappa shape index (κ3) is 3.01. The second-order valence-corrected chi connectivity index (χ2v) is 7.44. The summed E-state index contributed by atoms with van der Waals surface area (Å²) in [7, 11) is 1.53. The van der Waals surface area contributed by atoms with Crippen molar-refractivity contribution in [2.75, 3.05) is 13.6 Å². The van der Waals surface area contributed by atoms with Crippen LogP contribution in [0.3, 0.4) is 0 Å². The molecule has 2 aliphatic rings. The number of carbonyl (C=O) groups is 1. The Bertz CT molecular complexity index is 682. The first-order chi connectivity index (χ1) is 11.2. The third-order valence-electron chi connectivity index (χ3n) is 5.10. The van der Waals surface area contributed by atoms with Gasteiger partial charge in [0, 0.05) is 18.7 Å². The minimum Gasteiger partial charge on any atom is -0.400 e. The van der Waals surface area contributed by atoms with E-state index in [4.69, 9.17) is 9.31 Å². The van der Waals surface area contributed by atoms with Crippen molar-refractivity contribution < 1.29 is 14.1 Å². The SMILES string of the molecule is CNCC(=Cc1ccc2c(c1)CNC2=O)B1OC(C)(C)C(C)(C)O1. The first-order valence-electron chi connectivity index (χ1n) is 8.35. The standard InChI is InChI=1S/C18H25BN2O3/c1-17(2)18(3,4)24-19(23-17)14(11-20-5)9-12-6-7-15-13(8-12)10-21-16(15)22/h6-9,20H,10-11H2,1-5H3,(H,21,22). The Hall–Kier alpha value is -1.63. The Kier molecular flexibility index (Phi) is 4.32. The molecule has 0 bridgehead atoms. The van der Waals surface area contributed by atoms with Crippen LogP contribution >= 0.6 is 0 Å². The molecule has 5 nitrogen and oxygen atoms in total. The smallest absolute Gasteiger partial charge is 0.400 e. The van der Waals surface area contributed by atoms with Gasteiger partial charge in [0.15, 0.2) is 0 Å². The summed E-state index contributed by atoms with van der Waals surface area (Å²) in [5, 5.41) is 6.03. The molecule has 0 spiro atoms. The maximum atomic E-state index is 11.7. The monoisotopic (exact) mass is 328 g/mol. The molecular weight excluding hydrogens is 303 g/mol. The second-order valence-electron chi connectivity index (χ2n) is 7.44. The molecule has 0 atom stereocenters. The summed E-state index contributed by atoms with van der Waals surface area (Å²) >= 11 is 0. The summed E-state index contributed by atoms with van der Waals surface area (Å²) in [5.41, 5.74) is 3.15. The first-order valence-corrected chi connectivity index (χ1v) is 8.35. The van der Waals surface area contributed by atoms with Crippen LogP contribution in [0.2, 0.25) is 0 Å². The molecule has 1 amide bonds. The van der Waals surface area contributed by atoms with Gasteiger partial charge in [-0.25, -0.2) is 0 Å². The minimum atomic E-state index is -0.379. The van der Waals surface area contributed by atoms with Crippen LogP contribution < -0.4 is 10.6 Å². The van der Waals surface area contributed by atoms with Crippen molar-refractivity contribution in [1.82, 2.24) is 10.6 Å². The summed E-state index contributed by atoms with van der Waals surface area (Å²) in [4.78, 5) is 11.7. The van der Waals surface area contributed by atoms with Gasteiger partial charge in [0.05, 0.1) is 11.2 Å². The van der Waals surface area contributed by atoms with Crippen LogP contribution in [0.25, 0.3) is 6.08 Å². The maximum Gasteiger partial charge on any atom is 0.491 e. The number of carbonyl (C=O) groups excluding carboxylic acids is 1. The van der Waals surface area contributed by atoms with Crippen molar-refractivity contribution in [3.63, 3.8) is 0 Å². The van der Waals surface area contributed by atoms with Gasteiger partial charge in [-0.2, -0.15) is 0 Å². The van der Waals surface area contributed by atoms with Crippen molar-refractivity contribution >= 4 is 19.1 Å². The number of amides is 1. The Morgan fingerprint density at radius 2 is 1.96 bits per heavy atom. The van der Waals surface area contributed by atoms with E-state index in [-0.39, 0.29) is 24.2 Å². The molecule has 1 aromatic carbocycles. The zero-order valence-corrected chi connectivity index (χ0v) is 15.0. The number of hydrogen-bond donors (Lipinski definition) is 2. The van der Waals surface area contributed by atoms with E-state index >= 15 is 0 Å². The number of hydrogen-bond acceptors (Lipinski definition) is 4. The lowest BCUT2D eigenvalue weighted by Gasteiger charge is -2.32. The van der Waals surface area contributed by atoms with Gasteiger partial charge in [0.1, 0.15) is 0 Å². The number of rotatable bonds is 4. The molecule has 0 unspecified atom stereocenters. The van der Waals surface area contributed by atoms with Gasteiger partial charge in [0.2, 0.25) is 0 Å². The van der Waals surface area contributed by atoms with Crippen LogP contribution in [0.5, 0.6) is 0 Å². The largest absolute Gasteiger partial charge is 0.491 e. The van der Waals surface area contributed by atoms with Crippen LogP contribution in [-0.2, 0) is 15.9 Å². The molecule has 2 aliphatic heterocycles. The van der Waals surface area contributed by atoms with Crippen LogP contribution in [0, 0.1) is 0 Å². The van der Waals surface area contributed by atoms with E-state index in [1.54, 1.807) is 0 Å². The van der Waals surface area contributed by atoms with Gasteiger partial charge >= 0.3 is 7.12 Å². The van der Waals surface area contributed by atoms with Gasteiger partial charge in [-0.1, -0.05) is 12.1 Å². The molecule has 0 aromatic heterocycles. The van der Waals surface area contributed by atoms with Crippen LogP contribution in [0.4, 0.5) is 0 Å². The fourth-order valence-electron chi connectivity index (χ4n) is 2.96. The highest BCUT2D eigenvalue weighted by Gasteiger charge is 2.52. The van der Waals surface area contributed by atoms with E-state index < -0.39 is 0 Å². The highest BCUT2D eigenvalue weighted by Crippen LogP contribution is 2.38. The van der Waals surface area contributed by atoms with Crippen molar-refractivity contribution in [2.24, 2.45) is 0 Å². The average Bonchev–Trinajstić information content (AvgIpc) is 2.96. The lowest BCUT2D eigenvalue weighted by atomic mass is 9.77. The fourth-order valence-corrected chi connectivity index (χ4v) is 2.96. The topological polar surface area (TPSA) is 59.6 Å². The molecule has 128 valence electrons. The van der Waals surface area contributed by atoms with Gasteiger partial charge in [-0.05, 0) is 63.5 Å². The quantitative estimate of drug-likeness (QED) is 0.832. The Labute approximate surface area is 143 Å². The lowest BCUT2D eigenvalue weighted by molar-refractivity contribution is 0.00578. The lowest BCUT2D eigenvalue weighted by Crippen LogP contribution is -2.41. The predicted molar refractivity (Wildman–Crippen MR) is 95.6 cm³/mol.